The van der Waals surface area contributed by atoms with Gasteiger partial charge >= 0.3 is 5.97 Å². The molecular formula is C12H12FO4PS. The average Bonchev–Trinajstić information content (AvgIpc) is 2.81. The predicted molar refractivity (Wildman–Crippen MR) is 73.2 cm³/mol. The minimum Gasteiger partial charge on any atom is -0.477 e. The third kappa shape index (κ3) is 3.48. The largest absolute Gasteiger partial charge is 0.477 e. The van der Waals surface area contributed by atoms with E-state index in [1.54, 1.807) is 13.0 Å². The lowest BCUT2D eigenvalue weighted by molar-refractivity contribution is -0.00981. The predicted octanol–water partition coefficient (Wildman–Crippen LogP) is 4.35. The Kier molecular flexibility index (Phi) is 4.82. The van der Waals surface area contributed by atoms with Gasteiger partial charge in [-0.1, -0.05) is 6.07 Å². The summed E-state index contributed by atoms with van der Waals surface area (Å²) in [4.78, 5) is 11.2. The molecule has 1 aromatic heterocycles. The van der Waals surface area contributed by atoms with Gasteiger partial charge in [0.1, 0.15) is 4.88 Å². The zero-order chi connectivity index (χ0) is 13.8. The van der Waals surface area contributed by atoms with Crippen molar-refractivity contribution >= 4 is 35.8 Å². The van der Waals surface area contributed by atoms with Crippen LogP contribution >= 0.6 is 19.7 Å². The Hall–Kier alpha value is -1.07. The molecule has 0 amide bonds. The van der Waals surface area contributed by atoms with Gasteiger partial charge < -0.3 is 9.63 Å². The third-order valence-corrected chi connectivity index (χ3v) is 4.88. The summed E-state index contributed by atoms with van der Waals surface area (Å²) in [5.74, 6) is -0.939. The number of aromatic carboxylic acids is 1. The van der Waals surface area contributed by atoms with Crippen LogP contribution in [0.3, 0.4) is 0 Å². The van der Waals surface area contributed by atoms with Crippen LogP contribution in [0, 0.1) is 0 Å². The van der Waals surface area contributed by atoms with E-state index >= 15 is 0 Å². The van der Waals surface area contributed by atoms with Crippen LogP contribution in [0.2, 0.25) is 0 Å². The van der Waals surface area contributed by atoms with E-state index in [1.165, 1.54) is 11.3 Å². The van der Waals surface area contributed by atoms with Gasteiger partial charge in [-0.25, -0.2) is 4.79 Å². The molecular weight excluding hydrogens is 290 g/mol. The summed E-state index contributed by atoms with van der Waals surface area (Å²) in [5, 5.41) is 9.77. The van der Waals surface area contributed by atoms with E-state index in [0.717, 1.165) is 15.6 Å². The van der Waals surface area contributed by atoms with Crippen LogP contribution in [0.5, 0.6) is 0 Å². The van der Waals surface area contributed by atoms with E-state index in [2.05, 4.69) is 4.73 Å². The molecule has 1 aromatic carbocycles. The molecule has 0 radical (unpaired) electrons. The molecule has 2 rings (SSSR count). The van der Waals surface area contributed by atoms with Gasteiger partial charge in [-0.2, -0.15) is 0 Å². The summed E-state index contributed by atoms with van der Waals surface area (Å²) >= 11 is 1.22. The first kappa shape index (κ1) is 14.3. The minimum atomic E-state index is -1.58. The molecule has 0 fully saturated rings. The van der Waals surface area contributed by atoms with Gasteiger partial charge in [-0.3, -0.25) is 0 Å². The smallest absolute Gasteiger partial charge is 0.345 e. The number of fused-ring (bicyclic) bond motifs is 1. The van der Waals surface area contributed by atoms with Gasteiger partial charge in [0.15, 0.2) is 0 Å². The van der Waals surface area contributed by atoms with Crippen molar-refractivity contribution in [3.8, 4) is 0 Å². The quantitative estimate of drug-likeness (QED) is 0.806. The maximum absolute atomic E-state index is 12.3. The van der Waals surface area contributed by atoms with Gasteiger partial charge in [-0.05, 0) is 40.6 Å². The fourth-order valence-corrected chi connectivity index (χ4v) is 3.52. The lowest BCUT2D eigenvalue weighted by atomic mass is 10.2. The standard InChI is InChI=1S/C12H12FO4PS/c1-2-16-18(17-13)7-8-3-4-10-9(5-8)6-11(19-10)12(14)15/h3-6H,2,7H2,1H3,(H,14,15). The Morgan fingerprint density at radius 3 is 2.89 bits per heavy atom. The highest BCUT2D eigenvalue weighted by Gasteiger charge is 2.14. The van der Waals surface area contributed by atoms with Crippen LogP contribution in [0.1, 0.15) is 22.2 Å². The van der Waals surface area contributed by atoms with E-state index in [-0.39, 0.29) is 0 Å². The Morgan fingerprint density at radius 1 is 1.47 bits per heavy atom. The molecule has 0 aliphatic heterocycles. The SMILES string of the molecule is CCOP(Cc1ccc2sc(C(=O)O)cc2c1)OF. The lowest BCUT2D eigenvalue weighted by Crippen LogP contribution is -1.90. The number of hydrogen-bond donors (Lipinski definition) is 1. The summed E-state index contributed by atoms with van der Waals surface area (Å²) in [6, 6.07) is 7.12. The molecule has 0 bridgehead atoms. The number of hydrogen-bond acceptors (Lipinski definition) is 4. The number of carboxylic acids is 1. The van der Waals surface area contributed by atoms with Gasteiger partial charge in [0.2, 0.25) is 8.38 Å². The number of benzene rings is 1. The van der Waals surface area contributed by atoms with Crippen LogP contribution in [0.15, 0.2) is 24.3 Å². The Bertz CT molecular complexity index is 586. The Balaban J connectivity index is 2.23. The van der Waals surface area contributed by atoms with E-state index in [0.29, 0.717) is 17.6 Å². The van der Waals surface area contributed by atoms with Crippen molar-refractivity contribution in [3.05, 3.63) is 34.7 Å². The molecule has 0 saturated heterocycles. The van der Waals surface area contributed by atoms with Crippen molar-refractivity contribution in [2.45, 2.75) is 13.1 Å². The molecule has 102 valence electrons. The van der Waals surface area contributed by atoms with E-state index in [1.807, 2.05) is 18.2 Å². The monoisotopic (exact) mass is 302 g/mol. The van der Waals surface area contributed by atoms with E-state index in [9.17, 15) is 9.32 Å². The average molecular weight is 302 g/mol. The number of thiophene rings is 1. The molecule has 0 aliphatic carbocycles. The van der Waals surface area contributed by atoms with Crippen LogP contribution in [0.4, 0.5) is 4.53 Å². The van der Waals surface area contributed by atoms with Crippen LogP contribution < -0.4 is 0 Å². The summed E-state index contributed by atoms with van der Waals surface area (Å²) in [5.41, 5.74) is 0.861. The topological polar surface area (TPSA) is 55.8 Å². The second kappa shape index (κ2) is 6.39. The van der Waals surface area contributed by atoms with Gasteiger partial charge in [0.05, 0.1) is 6.61 Å². The maximum atomic E-state index is 12.3. The highest BCUT2D eigenvalue weighted by atomic mass is 32.1. The maximum Gasteiger partial charge on any atom is 0.345 e. The highest BCUT2D eigenvalue weighted by Crippen LogP contribution is 2.43. The van der Waals surface area contributed by atoms with Crippen LogP contribution in [0.25, 0.3) is 10.1 Å². The van der Waals surface area contributed by atoms with E-state index in [4.69, 9.17) is 9.63 Å². The Morgan fingerprint density at radius 2 is 2.26 bits per heavy atom. The summed E-state index contributed by atoms with van der Waals surface area (Å²) in [7, 11) is -1.58. The van der Waals surface area contributed by atoms with Crippen molar-refractivity contribution in [3.63, 3.8) is 0 Å². The van der Waals surface area contributed by atoms with Gasteiger partial charge in [0, 0.05) is 10.9 Å². The van der Waals surface area contributed by atoms with Crippen LogP contribution in [-0.2, 0) is 15.4 Å². The first-order valence-electron chi connectivity index (χ1n) is 5.59. The zero-order valence-corrected chi connectivity index (χ0v) is 11.8. The molecule has 2 aromatic rings. The molecule has 7 heteroatoms. The van der Waals surface area contributed by atoms with Crippen molar-refractivity contribution < 1.29 is 23.7 Å². The summed E-state index contributed by atoms with van der Waals surface area (Å²) in [6.45, 7) is 2.16. The molecule has 19 heavy (non-hydrogen) atoms. The molecule has 1 heterocycles. The minimum absolute atomic E-state index is 0.293. The second-order valence-corrected chi connectivity index (χ2v) is 6.23. The molecule has 0 saturated carbocycles. The van der Waals surface area contributed by atoms with Crippen molar-refractivity contribution in [1.82, 2.24) is 0 Å². The van der Waals surface area contributed by atoms with Crippen molar-refractivity contribution in [1.29, 1.82) is 0 Å². The Labute approximate surface area is 114 Å². The number of halogens is 1. The second-order valence-electron chi connectivity index (χ2n) is 3.77. The fraction of sp³-hybridized carbons (Fsp3) is 0.250. The third-order valence-electron chi connectivity index (χ3n) is 2.45. The number of rotatable bonds is 6. The molecule has 0 aliphatic rings. The summed E-state index contributed by atoms with van der Waals surface area (Å²) < 4.78 is 22.1. The molecule has 1 atom stereocenters. The van der Waals surface area contributed by atoms with Gasteiger partial charge in [0.25, 0.3) is 0 Å². The molecule has 4 nitrogen and oxygen atoms in total. The molecule has 1 unspecified atom stereocenters. The first-order chi connectivity index (χ1) is 9.13. The lowest BCUT2D eigenvalue weighted by Gasteiger charge is -2.10. The fourth-order valence-electron chi connectivity index (χ4n) is 1.68. The normalized spacial score (nSPS) is 12.7. The van der Waals surface area contributed by atoms with Gasteiger partial charge in [-0.15, -0.1) is 16.1 Å². The summed E-state index contributed by atoms with van der Waals surface area (Å²) in [6.07, 6.45) is 0.341. The number of carboxylic acid groups (broad SMARTS) is 1. The van der Waals surface area contributed by atoms with Crippen LogP contribution in [-0.4, -0.2) is 17.7 Å². The number of carbonyl (C=O) groups is 1. The van der Waals surface area contributed by atoms with Crippen molar-refractivity contribution in [2.24, 2.45) is 0 Å². The molecule has 1 N–H and O–H groups in total. The first-order valence-corrected chi connectivity index (χ1v) is 7.77. The molecule has 0 spiro atoms. The zero-order valence-electron chi connectivity index (χ0n) is 10.1. The van der Waals surface area contributed by atoms with Crippen molar-refractivity contribution in [2.75, 3.05) is 6.61 Å². The highest BCUT2D eigenvalue weighted by molar-refractivity contribution is 7.46. The van der Waals surface area contributed by atoms with E-state index < -0.39 is 14.3 Å².